The topological polar surface area (TPSA) is 80.3 Å². The predicted molar refractivity (Wildman–Crippen MR) is 127 cm³/mol. The Morgan fingerprint density at radius 2 is 1.68 bits per heavy atom. The zero-order chi connectivity index (χ0) is 23.5. The number of carbonyl (C=O) groups excluding carboxylic acids is 2. The molecule has 34 heavy (non-hydrogen) atoms. The number of piperazine rings is 1. The van der Waals surface area contributed by atoms with Gasteiger partial charge in [-0.25, -0.2) is 0 Å². The van der Waals surface area contributed by atoms with Crippen LogP contribution in [0.2, 0.25) is 0 Å². The number of rotatable bonds is 6. The van der Waals surface area contributed by atoms with E-state index in [2.05, 4.69) is 10.2 Å². The van der Waals surface area contributed by atoms with E-state index < -0.39 is 0 Å². The van der Waals surface area contributed by atoms with E-state index in [1.807, 2.05) is 23.1 Å². The maximum absolute atomic E-state index is 13.5. The second-order valence-electron chi connectivity index (χ2n) is 9.10. The minimum atomic E-state index is -0.203. The number of ether oxygens (including phenoxy) is 3. The van der Waals surface area contributed by atoms with Gasteiger partial charge in [0.25, 0.3) is 5.91 Å². The molecule has 0 spiro atoms. The average molecular weight is 466 g/mol. The Kier molecular flexibility index (Phi) is 6.58. The van der Waals surface area contributed by atoms with Crippen LogP contribution in [0.1, 0.15) is 36.0 Å². The molecule has 0 bridgehead atoms. The van der Waals surface area contributed by atoms with Crippen LogP contribution in [0.3, 0.4) is 0 Å². The number of benzene rings is 2. The molecule has 2 aromatic rings. The number of carbonyl (C=O) groups is 2. The van der Waals surface area contributed by atoms with Gasteiger partial charge in [0.05, 0.1) is 13.2 Å². The molecule has 8 heteroatoms. The van der Waals surface area contributed by atoms with E-state index >= 15 is 0 Å². The number of hydrogen-bond donors (Lipinski definition) is 1. The summed E-state index contributed by atoms with van der Waals surface area (Å²) >= 11 is 0. The summed E-state index contributed by atoms with van der Waals surface area (Å²) in [5.41, 5.74) is 1.37. The van der Waals surface area contributed by atoms with Crippen LogP contribution in [0.15, 0.2) is 42.5 Å². The Hall–Kier alpha value is -3.26. The first kappa shape index (κ1) is 22.5. The van der Waals surface area contributed by atoms with Gasteiger partial charge >= 0.3 is 0 Å². The minimum absolute atomic E-state index is 0.0145. The largest absolute Gasteiger partial charge is 0.497 e. The third-order valence-electron chi connectivity index (χ3n) is 7.09. The van der Waals surface area contributed by atoms with Gasteiger partial charge in [0.15, 0.2) is 11.5 Å². The lowest BCUT2D eigenvalue weighted by Gasteiger charge is -2.40. The Labute approximate surface area is 199 Å². The van der Waals surface area contributed by atoms with Gasteiger partial charge in [-0.1, -0.05) is 12.8 Å². The highest BCUT2D eigenvalue weighted by Crippen LogP contribution is 2.35. The highest BCUT2D eigenvalue weighted by atomic mass is 16.7. The maximum atomic E-state index is 13.5. The molecule has 2 amide bonds. The van der Waals surface area contributed by atoms with Gasteiger partial charge in [-0.15, -0.1) is 0 Å². The molecule has 0 aromatic heterocycles. The van der Waals surface area contributed by atoms with Crippen LogP contribution in [0.4, 0.5) is 5.69 Å². The van der Waals surface area contributed by atoms with Gasteiger partial charge < -0.3 is 24.4 Å². The summed E-state index contributed by atoms with van der Waals surface area (Å²) < 4.78 is 16.0. The molecule has 1 unspecified atom stereocenters. The van der Waals surface area contributed by atoms with Crippen molar-refractivity contribution in [1.29, 1.82) is 0 Å². The van der Waals surface area contributed by atoms with Gasteiger partial charge in [0.1, 0.15) is 5.75 Å². The van der Waals surface area contributed by atoms with E-state index in [1.54, 1.807) is 31.4 Å². The van der Waals surface area contributed by atoms with Crippen LogP contribution in [-0.2, 0) is 4.79 Å². The molecule has 180 valence electrons. The molecule has 2 heterocycles. The molecule has 2 fully saturated rings. The SMILES string of the molecule is COc1ccc(C(=O)N2CCN(C(C(=O)Nc3ccc4c(c3)OCO4)C3CCCC3)CC2)cc1. The zero-order valence-electron chi connectivity index (χ0n) is 19.5. The summed E-state index contributed by atoms with van der Waals surface area (Å²) in [6.45, 7) is 2.77. The summed E-state index contributed by atoms with van der Waals surface area (Å²) in [4.78, 5) is 30.6. The summed E-state index contributed by atoms with van der Waals surface area (Å²) in [6, 6.07) is 12.5. The summed E-state index contributed by atoms with van der Waals surface area (Å²) in [6.07, 6.45) is 4.44. The van der Waals surface area contributed by atoms with Crippen molar-refractivity contribution in [2.75, 3.05) is 45.4 Å². The van der Waals surface area contributed by atoms with Gasteiger partial charge in [-0.2, -0.15) is 0 Å². The first-order valence-corrected chi connectivity index (χ1v) is 12.0. The summed E-state index contributed by atoms with van der Waals surface area (Å²) in [7, 11) is 1.61. The molecule has 8 nitrogen and oxygen atoms in total. The number of amides is 2. The molecule has 1 atom stereocenters. The van der Waals surface area contributed by atoms with E-state index in [0.29, 0.717) is 54.8 Å². The van der Waals surface area contributed by atoms with Crippen LogP contribution in [0, 0.1) is 5.92 Å². The van der Waals surface area contributed by atoms with Crippen LogP contribution < -0.4 is 19.5 Å². The van der Waals surface area contributed by atoms with Crippen LogP contribution in [0.5, 0.6) is 17.2 Å². The van der Waals surface area contributed by atoms with E-state index in [9.17, 15) is 9.59 Å². The van der Waals surface area contributed by atoms with Crippen molar-refractivity contribution in [3.05, 3.63) is 48.0 Å². The smallest absolute Gasteiger partial charge is 0.253 e. The molecule has 2 aliphatic heterocycles. The zero-order valence-corrected chi connectivity index (χ0v) is 19.5. The molecular weight excluding hydrogens is 434 g/mol. The van der Waals surface area contributed by atoms with E-state index in [4.69, 9.17) is 14.2 Å². The number of anilines is 1. The Morgan fingerprint density at radius 1 is 0.971 bits per heavy atom. The lowest BCUT2D eigenvalue weighted by Crippen LogP contribution is -2.56. The Bertz CT molecular complexity index is 1030. The van der Waals surface area contributed by atoms with Crippen molar-refractivity contribution in [3.63, 3.8) is 0 Å². The molecular formula is C26H31N3O5. The van der Waals surface area contributed by atoms with Crippen molar-refractivity contribution in [3.8, 4) is 17.2 Å². The molecule has 1 saturated heterocycles. The number of methoxy groups -OCH3 is 1. The monoisotopic (exact) mass is 465 g/mol. The first-order valence-electron chi connectivity index (χ1n) is 12.0. The van der Waals surface area contributed by atoms with E-state index in [0.717, 1.165) is 31.4 Å². The molecule has 0 radical (unpaired) electrons. The summed E-state index contributed by atoms with van der Waals surface area (Å²) in [5.74, 6) is 2.45. The second kappa shape index (κ2) is 9.93. The molecule has 1 saturated carbocycles. The lowest BCUT2D eigenvalue weighted by molar-refractivity contribution is -0.123. The third-order valence-corrected chi connectivity index (χ3v) is 7.09. The average Bonchev–Trinajstić information content (AvgIpc) is 3.56. The molecule has 1 N–H and O–H groups in total. The van der Waals surface area contributed by atoms with E-state index in [1.165, 1.54) is 0 Å². The third kappa shape index (κ3) is 4.68. The standard InChI is InChI=1S/C26H31N3O5/c1-32-21-9-6-19(7-10-21)26(31)29-14-12-28(13-15-29)24(18-4-2-3-5-18)25(30)27-20-8-11-22-23(16-20)34-17-33-22/h6-11,16,18,24H,2-5,12-15,17H2,1H3,(H,27,30). The normalized spacial score (nSPS) is 19.1. The number of nitrogens with zero attached hydrogens (tertiary/aromatic N) is 2. The van der Waals surface area contributed by atoms with Gasteiger partial charge in [-0.3, -0.25) is 14.5 Å². The van der Waals surface area contributed by atoms with Crippen molar-refractivity contribution < 1.29 is 23.8 Å². The highest BCUT2D eigenvalue weighted by molar-refractivity contribution is 5.96. The van der Waals surface area contributed by atoms with Gasteiger partial charge in [0, 0.05) is 43.5 Å². The quantitative estimate of drug-likeness (QED) is 0.705. The van der Waals surface area contributed by atoms with Crippen LogP contribution >= 0.6 is 0 Å². The fourth-order valence-corrected chi connectivity index (χ4v) is 5.26. The van der Waals surface area contributed by atoms with Crippen molar-refractivity contribution in [2.45, 2.75) is 31.7 Å². The lowest BCUT2D eigenvalue weighted by atomic mass is 9.94. The number of fused-ring (bicyclic) bond motifs is 1. The van der Waals surface area contributed by atoms with Crippen LogP contribution in [0.25, 0.3) is 0 Å². The van der Waals surface area contributed by atoms with Crippen molar-refractivity contribution in [1.82, 2.24) is 9.80 Å². The Morgan fingerprint density at radius 3 is 2.38 bits per heavy atom. The van der Waals surface area contributed by atoms with Crippen LogP contribution in [-0.4, -0.2) is 67.7 Å². The fraction of sp³-hybridized carbons (Fsp3) is 0.462. The molecule has 1 aliphatic carbocycles. The molecule has 3 aliphatic rings. The molecule has 2 aromatic carbocycles. The number of hydrogen-bond acceptors (Lipinski definition) is 6. The first-order chi connectivity index (χ1) is 16.6. The number of nitrogens with one attached hydrogen (secondary N) is 1. The second-order valence-corrected chi connectivity index (χ2v) is 9.10. The highest BCUT2D eigenvalue weighted by Gasteiger charge is 2.37. The van der Waals surface area contributed by atoms with E-state index in [-0.39, 0.29) is 24.6 Å². The van der Waals surface area contributed by atoms with Gasteiger partial charge in [0.2, 0.25) is 12.7 Å². The Balaban J connectivity index is 1.24. The van der Waals surface area contributed by atoms with Crippen molar-refractivity contribution >= 4 is 17.5 Å². The maximum Gasteiger partial charge on any atom is 0.253 e. The predicted octanol–water partition coefficient (Wildman–Crippen LogP) is 3.38. The van der Waals surface area contributed by atoms with Gasteiger partial charge in [-0.05, 0) is 55.2 Å². The fourth-order valence-electron chi connectivity index (χ4n) is 5.26. The van der Waals surface area contributed by atoms with Crippen molar-refractivity contribution in [2.24, 2.45) is 5.92 Å². The summed E-state index contributed by atoms with van der Waals surface area (Å²) in [5, 5.41) is 3.11. The molecule has 5 rings (SSSR count). The minimum Gasteiger partial charge on any atom is -0.497 e.